The number of anilines is 1. The number of aryl methyl sites for hydroxylation is 1. The lowest BCUT2D eigenvalue weighted by Crippen LogP contribution is -2.42. The van der Waals surface area contributed by atoms with Crippen LogP contribution in [0.1, 0.15) is 28.8 Å². The molecule has 2 heterocycles. The van der Waals surface area contributed by atoms with Crippen molar-refractivity contribution >= 4 is 11.6 Å². The second-order valence-corrected chi connectivity index (χ2v) is 5.82. The van der Waals surface area contributed by atoms with E-state index < -0.39 is 0 Å². The number of nitrogens with one attached hydrogen (secondary N) is 1. The van der Waals surface area contributed by atoms with Crippen LogP contribution in [-0.4, -0.2) is 34.9 Å². The molecule has 1 N–H and O–H groups in total. The Kier molecular flexibility index (Phi) is 4.37. The Morgan fingerprint density at radius 1 is 1.18 bits per heavy atom. The smallest absolute Gasteiger partial charge is 0.253 e. The van der Waals surface area contributed by atoms with E-state index in [4.69, 9.17) is 0 Å². The minimum absolute atomic E-state index is 0.139. The first-order valence-electron chi connectivity index (χ1n) is 7.75. The van der Waals surface area contributed by atoms with Crippen molar-refractivity contribution in [2.24, 2.45) is 0 Å². The molecule has 114 valence electrons. The molecule has 1 fully saturated rings. The van der Waals surface area contributed by atoms with E-state index in [-0.39, 0.29) is 5.91 Å². The van der Waals surface area contributed by atoms with Gasteiger partial charge in [-0.05, 0) is 44.0 Å². The lowest BCUT2D eigenvalue weighted by atomic mass is 10.0. The molecule has 1 amide bonds. The molecule has 0 bridgehead atoms. The largest absolute Gasteiger partial charge is 0.381 e. The van der Waals surface area contributed by atoms with Gasteiger partial charge in [0.1, 0.15) is 0 Å². The number of nitrogens with zero attached hydrogens (tertiary/aromatic N) is 2. The lowest BCUT2D eigenvalue weighted by molar-refractivity contribution is 0.0718. The number of hydrogen-bond acceptors (Lipinski definition) is 3. The van der Waals surface area contributed by atoms with Gasteiger partial charge in [0.05, 0.1) is 5.69 Å². The molecule has 0 radical (unpaired) electrons. The third-order valence-corrected chi connectivity index (χ3v) is 4.11. The standard InChI is InChI=1S/C18H21N3O/c1-14-4-6-15(7-5-14)18(22)21-11-8-16(9-12-21)20-17-3-2-10-19-13-17/h2-7,10,13,16,20H,8-9,11-12H2,1H3. The number of hydrogen-bond donors (Lipinski definition) is 1. The molecule has 0 aliphatic carbocycles. The summed E-state index contributed by atoms with van der Waals surface area (Å²) < 4.78 is 0. The van der Waals surface area contributed by atoms with Crippen molar-refractivity contribution in [2.45, 2.75) is 25.8 Å². The minimum atomic E-state index is 0.139. The molecule has 3 rings (SSSR count). The molecule has 0 atom stereocenters. The average Bonchev–Trinajstić information content (AvgIpc) is 2.57. The average molecular weight is 295 g/mol. The number of pyridine rings is 1. The summed E-state index contributed by atoms with van der Waals surface area (Å²) in [6.45, 7) is 3.62. The van der Waals surface area contributed by atoms with Gasteiger partial charge < -0.3 is 10.2 Å². The van der Waals surface area contributed by atoms with Gasteiger partial charge in [0, 0.05) is 37.1 Å². The van der Waals surface area contributed by atoms with E-state index in [1.54, 1.807) is 6.20 Å². The highest BCUT2D eigenvalue weighted by molar-refractivity contribution is 5.94. The summed E-state index contributed by atoms with van der Waals surface area (Å²) in [4.78, 5) is 18.5. The maximum Gasteiger partial charge on any atom is 0.253 e. The molecule has 0 spiro atoms. The van der Waals surface area contributed by atoms with Gasteiger partial charge >= 0.3 is 0 Å². The van der Waals surface area contributed by atoms with Crippen molar-refractivity contribution in [2.75, 3.05) is 18.4 Å². The van der Waals surface area contributed by atoms with Gasteiger partial charge in [0.15, 0.2) is 0 Å². The molecular weight excluding hydrogens is 274 g/mol. The molecule has 4 nitrogen and oxygen atoms in total. The van der Waals surface area contributed by atoms with Crippen molar-refractivity contribution in [1.29, 1.82) is 0 Å². The Balaban J connectivity index is 1.55. The van der Waals surface area contributed by atoms with Crippen LogP contribution >= 0.6 is 0 Å². The highest BCUT2D eigenvalue weighted by atomic mass is 16.2. The normalized spacial score (nSPS) is 15.6. The molecule has 1 aromatic heterocycles. The molecule has 1 aromatic carbocycles. The van der Waals surface area contributed by atoms with Crippen LogP contribution in [0.4, 0.5) is 5.69 Å². The number of carbonyl (C=O) groups excluding carboxylic acids is 1. The van der Waals surface area contributed by atoms with E-state index in [9.17, 15) is 4.79 Å². The number of aromatic nitrogens is 1. The summed E-state index contributed by atoms with van der Waals surface area (Å²) in [5.74, 6) is 0.139. The molecule has 22 heavy (non-hydrogen) atoms. The van der Waals surface area contributed by atoms with Crippen LogP contribution in [0.3, 0.4) is 0 Å². The molecule has 1 aliphatic heterocycles. The molecule has 1 aliphatic rings. The predicted octanol–water partition coefficient (Wildman–Crippen LogP) is 3.11. The summed E-state index contributed by atoms with van der Waals surface area (Å²) in [5.41, 5.74) is 3.01. The number of amides is 1. The highest BCUT2D eigenvalue weighted by Gasteiger charge is 2.23. The Bertz CT molecular complexity index is 617. The minimum Gasteiger partial charge on any atom is -0.381 e. The van der Waals surface area contributed by atoms with Crippen molar-refractivity contribution in [3.8, 4) is 0 Å². The van der Waals surface area contributed by atoms with Crippen LogP contribution in [0.5, 0.6) is 0 Å². The first kappa shape index (κ1) is 14.6. The predicted molar refractivity (Wildman–Crippen MR) is 88.0 cm³/mol. The van der Waals surface area contributed by atoms with Crippen LogP contribution in [-0.2, 0) is 0 Å². The molecule has 0 unspecified atom stereocenters. The molecule has 1 saturated heterocycles. The van der Waals surface area contributed by atoms with Crippen molar-refractivity contribution in [3.63, 3.8) is 0 Å². The van der Waals surface area contributed by atoms with Gasteiger partial charge in [-0.15, -0.1) is 0 Å². The van der Waals surface area contributed by atoms with Crippen LogP contribution in [0, 0.1) is 6.92 Å². The lowest BCUT2D eigenvalue weighted by Gasteiger charge is -2.33. The zero-order valence-electron chi connectivity index (χ0n) is 12.8. The van der Waals surface area contributed by atoms with E-state index in [1.165, 1.54) is 5.56 Å². The maximum absolute atomic E-state index is 12.5. The van der Waals surface area contributed by atoms with Crippen molar-refractivity contribution in [3.05, 3.63) is 59.9 Å². The van der Waals surface area contributed by atoms with Gasteiger partial charge in [-0.2, -0.15) is 0 Å². The van der Waals surface area contributed by atoms with Gasteiger partial charge in [-0.25, -0.2) is 0 Å². The summed E-state index contributed by atoms with van der Waals surface area (Å²) in [5, 5.41) is 3.49. The Hall–Kier alpha value is -2.36. The highest BCUT2D eigenvalue weighted by Crippen LogP contribution is 2.18. The number of likely N-dealkylation sites (tertiary alicyclic amines) is 1. The fourth-order valence-electron chi connectivity index (χ4n) is 2.79. The Morgan fingerprint density at radius 3 is 2.55 bits per heavy atom. The molecule has 4 heteroatoms. The van der Waals surface area contributed by atoms with Crippen molar-refractivity contribution in [1.82, 2.24) is 9.88 Å². The Labute approximate surface area is 131 Å². The first-order valence-corrected chi connectivity index (χ1v) is 7.75. The molecular formula is C18H21N3O. The summed E-state index contributed by atoms with van der Waals surface area (Å²) in [6.07, 6.45) is 5.54. The second kappa shape index (κ2) is 6.60. The fourth-order valence-corrected chi connectivity index (χ4v) is 2.79. The van der Waals surface area contributed by atoms with E-state index in [1.807, 2.05) is 54.4 Å². The van der Waals surface area contributed by atoms with Crippen LogP contribution in [0.15, 0.2) is 48.8 Å². The molecule has 0 saturated carbocycles. The van der Waals surface area contributed by atoms with E-state index in [0.717, 1.165) is 37.2 Å². The second-order valence-electron chi connectivity index (χ2n) is 5.82. The summed E-state index contributed by atoms with van der Waals surface area (Å²) >= 11 is 0. The topological polar surface area (TPSA) is 45.2 Å². The quantitative estimate of drug-likeness (QED) is 0.946. The number of carbonyl (C=O) groups is 1. The van der Waals surface area contributed by atoms with E-state index in [2.05, 4.69) is 10.3 Å². The number of piperidine rings is 1. The number of rotatable bonds is 3. The monoisotopic (exact) mass is 295 g/mol. The van der Waals surface area contributed by atoms with Gasteiger partial charge in [0.25, 0.3) is 5.91 Å². The van der Waals surface area contributed by atoms with Crippen LogP contribution < -0.4 is 5.32 Å². The molecule has 2 aromatic rings. The van der Waals surface area contributed by atoms with Gasteiger partial charge in [-0.3, -0.25) is 9.78 Å². The first-order chi connectivity index (χ1) is 10.7. The Morgan fingerprint density at radius 2 is 1.91 bits per heavy atom. The fraction of sp³-hybridized carbons (Fsp3) is 0.333. The third kappa shape index (κ3) is 3.45. The SMILES string of the molecule is Cc1ccc(C(=O)N2CCC(Nc3cccnc3)CC2)cc1. The zero-order valence-corrected chi connectivity index (χ0v) is 12.8. The van der Waals surface area contributed by atoms with Crippen LogP contribution in [0.2, 0.25) is 0 Å². The van der Waals surface area contributed by atoms with Gasteiger partial charge in [-0.1, -0.05) is 17.7 Å². The zero-order chi connectivity index (χ0) is 15.4. The summed E-state index contributed by atoms with van der Waals surface area (Å²) in [6, 6.07) is 12.2. The third-order valence-electron chi connectivity index (χ3n) is 4.11. The summed E-state index contributed by atoms with van der Waals surface area (Å²) in [7, 11) is 0. The van der Waals surface area contributed by atoms with Gasteiger partial charge in [0.2, 0.25) is 0 Å². The van der Waals surface area contributed by atoms with E-state index in [0.29, 0.717) is 6.04 Å². The van der Waals surface area contributed by atoms with Crippen LogP contribution in [0.25, 0.3) is 0 Å². The van der Waals surface area contributed by atoms with E-state index >= 15 is 0 Å². The van der Waals surface area contributed by atoms with Crippen molar-refractivity contribution < 1.29 is 4.79 Å². The maximum atomic E-state index is 12.5. The number of benzene rings is 1.